The Morgan fingerprint density at radius 1 is 1.19 bits per heavy atom. The van der Waals surface area contributed by atoms with Gasteiger partial charge in [-0.25, -0.2) is 4.79 Å². The number of hydrogen-bond donors (Lipinski definition) is 1. The van der Waals surface area contributed by atoms with Gasteiger partial charge in [0.05, 0.1) is 5.54 Å². The van der Waals surface area contributed by atoms with Gasteiger partial charge < -0.3 is 15.0 Å². The summed E-state index contributed by atoms with van der Waals surface area (Å²) in [6.07, 6.45) is 5.79. The first-order valence-corrected chi connectivity index (χ1v) is 10.2. The van der Waals surface area contributed by atoms with E-state index in [2.05, 4.69) is 36.5 Å². The third-order valence-electron chi connectivity index (χ3n) is 7.56. The van der Waals surface area contributed by atoms with Crippen LogP contribution in [0.5, 0.6) is 0 Å². The second-order valence-electron chi connectivity index (χ2n) is 9.54. The number of hydrogen-bond acceptors (Lipinski definition) is 3. The highest BCUT2D eigenvalue weighted by Gasteiger charge is 2.53. The van der Waals surface area contributed by atoms with Crippen molar-refractivity contribution in [3.05, 3.63) is 35.4 Å². The maximum absolute atomic E-state index is 12.8. The number of amides is 2. The van der Waals surface area contributed by atoms with Crippen molar-refractivity contribution in [1.29, 1.82) is 0 Å². The largest absolute Gasteiger partial charge is 0.447 e. The highest BCUT2D eigenvalue weighted by atomic mass is 16.6. The highest BCUT2D eigenvalue weighted by Crippen LogP contribution is 2.48. The van der Waals surface area contributed by atoms with Crippen LogP contribution in [0.1, 0.15) is 62.5 Å². The average molecular weight is 368 g/mol. The van der Waals surface area contributed by atoms with Crippen LogP contribution >= 0.6 is 0 Å². The van der Waals surface area contributed by atoms with Gasteiger partial charge >= 0.3 is 6.09 Å². The van der Waals surface area contributed by atoms with E-state index in [4.69, 9.17) is 4.74 Å². The molecule has 144 valence electrons. The third-order valence-corrected chi connectivity index (χ3v) is 7.56. The lowest BCUT2D eigenvalue weighted by Crippen LogP contribution is -2.59. The van der Waals surface area contributed by atoms with Crippen LogP contribution in [0.3, 0.4) is 0 Å². The van der Waals surface area contributed by atoms with Crippen molar-refractivity contribution < 1.29 is 14.3 Å². The zero-order valence-electron chi connectivity index (χ0n) is 16.2. The molecule has 0 atom stereocenters. The molecule has 0 bridgehead atoms. The van der Waals surface area contributed by atoms with Crippen molar-refractivity contribution >= 4 is 12.0 Å². The Kier molecular flexibility index (Phi) is 3.62. The summed E-state index contributed by atoms with van der Waals surface area (Å²) < 4.78 is 5.00. The fourth-order valence-corrected chi connectivity index (χ4v) is 5.05. The Labute approximate surface area is 160 Å². The SMILES string of the molecule is CN(C(=O)[C@H]1C[C@]2(COC(=O)N2)C1)[C@H]1C[C@@H](c2ccc(C3(C)CC3)cc2)C1. The summed E-state index contributed by atoms with van der Waals surface area (Å²) in [5, 5.41) is 2.86. The lowest BCUT2D eigenvalue weighted by atomic mass is 9.67. The predicted octanol–water partition coefficient (Wildman–Crippen LogP) is 3.33. The lowest BCUT2D eigenvalue weighted by molar-refractivity contribution is -0.143. The normalized spacial score (nSPS) is 35.6. The van der Waals surface area contributed by atoms with Crippen molar-refractivity contribution in [1.82, 2.24) is 10.2 Å². The van der Waals surface area contributed by atoms with Gasteiger partial charge in [-0.1, -0.05) is 31.2 Å². The molecule has 1 N–H and O–H groups in total. The molecule has 0 radical (unpaired) electrons. The Bertz CT molecular complexity index is 771. The monoisotopic (exact) mass is 368 g/mol. The number of nitrogens with one attached hydrogen (secondary N) is 1. The second kappa shape index (κ2) is 5.73. The van der Waals surface area contributed by atoms with Crippen LogP contribution in [0, 0.1) is 5.92 Å². The van der Waals surface area contributed by atoms with Gasteiger partial charge in [-0.05, 0) is 61.0 Å². The molecule has 3 aliphatic carbocycles. The van der Waals surface area contributed by atoms with Crippen molar-refractivity contribution in [2.45, 2.75) is 68.4 Å². The first-order chi connectivity index (χ1) is 12.9. The minimum absolute atomic E-state index is 0.0228. The quantitative estimate of drug-likeness (QED) is 0.887. The number of ether oxygens (including phenoxy) is 1. The van der Waals surface area contributed by atoms with Crippen LogP contribution in [0.2, 0.25) is 0 Å². The molecule has 1 spiro atoms. The Balaban J connectivity index is 1.13. The van der Waals surface area contributed by atoms with Crippen molar-refractivity contribution in [2.24, 2.45) is 5.92 Å². The fraction of sp³-hybridized carbons (Fsp3) is 0.636. The van der Waals surface area contributed by atoms with Crippen LogP contribution in [0.25, 0.3) is 0 Å². The summed E-state index contributed by atoms with van der Waals surface area (Å²) in [6, 6.07) is 9.53. The Morgan fingerprint density at radius 3 is 2.41 bits per heavy atom. The number of carbonyl (C=O) groups is 2. The number of carbonyl (C=O) groups excluding carboxylic acids is 2. The highest BCUT2D eigenvalue weighted by molar-refractivity contribution is 5.81. The molecule has 0 aromatic heterocycles. The Morgan fingerprint density at radius 2 is 1.85 bits per heavy atom. The number of nitrogens with zero attached hydrogens (tertiary/aromatic N) is 1. The van der Waals surface area contributed by atoms with Crippen molar-refractivity contribution in [3.8, 4) is 0 Å². The minimum atomic E-state index is -0.349. The van der Waals surface area contributed by atoms with E-state index in [1.54, 1.807) is 0 Å². The molecule has 1 aromatic carbocycles. The molecule has 4 aliphatic rings. The predicted molar refractivity (Wildman–Crippen MR) is 101 cm³/mol. The molecular formula is C22H28N2O3. The molecule has 4 fully saturated rings. The first kappa shape index (κ1) is 17.1. The molecule has 3 saturated carbocycles. The minimum Gasteiger partial charge on any atom is -0.447 e. The van der Waals surface area contributed by atoms with E-state index in [1.807, 2.05) is 11.9 Å². The second-order valence-corrected chi connectivity index (χ2v) is 9.54. The van der Waals surface area contributed by atoms with Gasteiger partial charge in [0, 0.05) is 19.0 Å². The number of alkyl carbamates (subject to hydrolysis) is 1. The van der Waals surface area contributed by atoms with Gasteiger partial charge in [0.2, 0.25) is 5.91 Å². The molecule has 1 aliphatic heterocycles. The van der Waals surface area contributed by atoms with Gasteiger partial charge in [0.25, 0.3) is 0 Å². The Hall–Kier alpha value is -2.04. The van der Waals surface area contributed by atoms with Crippen LogP contribution in [0.4, 0.5) is 4.79 Å². The van der Waals surface area contributed by atoms with E-state index in [1.165, 1.54) is 24.0 Å². The zero-order chi connectivity index (χ0) is 18.8. The van der Waals surface area contributed by atoms with Crippen LogP contribution in [-0.4, -0.2) is 42.1 Å². The summed E-state index contributed by atoms with van der Waals surface area (Å²) in [6.45, 7) is 2.75. The molecule has 5 nitrogen and oxygen atoms in total. The third kappa shape index (κ3) is 2.82. The standard InChI is InChI=1S/C22H28N2O3/c1-21(7-8-21)17-5-3-14(4-6-17)15-9-18(10-15)24(2)19(25)16-11-22(12-16)13-27-20(26)23-22/h3-6,15-16,18H,7-13H2,1-2H3,(H,23,26)/t15-,16-,18+,22+. The lowest BCUT2D eigenvalue weighted by Gasteiger charge is -2.47. The first-order valence-electron chi connectivity index (χ1n) is 10.2. The van der Waals surface area contributed by atoms with Crippen molar-refractivity contribution in [2.75, 3.05) is 13.7 Å². The molecule has 1 heterocycles. The van der Waals surface area contributed by atoms with Gasteiger partial charge in [0.1, 0.15) is 6.61 Å². The zero-order valence-corrected chi connectivity index (χ0v) is 16.2. The molecule has 5 rings (SSSR count). The van der Waals surface area contributed by atoms with Gasteiger partial charge in [-0.2, -0.15) is 0 Å². The number of benzene rings is 1. The van der Waals surface area contributed by atoms with E-state index in [9.17, 15) is 9.59 Å². The molecule has 1 saturated heterocycles. The summed E-state index contributed by atoms with van der Waals surface area (Å²) >= 11 is 0. The molecule has 27 heavy (non-hydrogen) atoms. The van der Waals surface area contributed by atoms with E-state index in [-0.39, 0.29) is 23.5 Å². The average Bonchev–Trinajstić information content (AvgIpc) is 3.21. The number of cyclic esters (lactones) is 1. The van der Waals surface area contributed by atoms with Crippen molar-refractivity contribution in [3.63, 3.8) is 0 Å². The van der Waals surface area contributed by atoms with Crippen LogP contribution < -0.4 is 5.32 Å². The van der Waals surface area contributed by atoms with Gasteiger partial charge in [-0.3, -0.25) is 4.79 Å². The van der Waals surface area contributed by atoms with E-state index in [0.717, 1.165) is 12.8 Å². The summed E-state index contributed by atoms with van der Waals surface area (Å²) in [5.41, 5.74) is 3.03. The topological polar surface area (TPSA) is 58.6 Å². The van der Waals surface area contributed by atoms with Crippen LogP contribution in [0.15, 0.2) is 24.3 Å². The van der Waals surface area contributed by atoms with Crippen LogP contribution in [-0.2, 0) is 14.9 Å². The molecule has 1 aromatic rings. The maximum Gasteiger partial charge on any atom is 0.407 e. The fourth-order valence-electron chi connectivity index (χ4n) is 5.05. The molecule has 0 unspecified atom stereocenters. The summed E-state index contributed by atoms with van der Waals surface area (Å²) in [5.74, 6) is 0.818. The van der Waals surface area contributed by atoms with E-state index in [0.29, 0.717) is 36.8 Å². The number of rotatable bonds is 4. The summed E-state index contributed by atoms with van der Waals surface area (Å²) in [4.78, 5) is 26.0. The molecular weight excluding hydrogens is 340 g/mol. The summed E-state index contributed by atoms with van der Waals surface area (Å²) in [7, 11) is 1.94. The van der Waals surface area contributed by atoms with E-state index >= 15 is 0 Å². The maximum atomic E-state index is 12.8. The molecule has 2 amide bonds. The van der Waals surface area contributed by atoms with Gasteiger partial charge in [-0.15, -0.1) is 0 Å². The van der Waals surface area contributed by atoms with Gasteiger partial charge in [0.15, 0.2) is 0 Å². The van der Waals surface area contributed by atoms with E-state index < -0.39 is 0 Å². The molecule has 5 heteroatoms. The smallest absolute Gasteiger partial charge is 0.407 e.